The van der Waals surface area contributed by atoms with Crippen LogP contribution >= 0.6 is 0 Å². The summed E-state index contributed by atoms with van der Waals surface area (Å²) in [4.78, 5) is 26.0. The largest absolute Gasteiger partial charge is 0.285 e. The van der Waals surface area contributed by atoms with Crippen molar-refractivity contribution < 1.29 is 4.79 Å². The van der Waals surface area contributed by atoms with Crippen molar-refractivity contribution in [3.8, 4) is 34.1 Å². The van der Waals surface area contributed by atoms with Gasteiger partial charge in [-0.05, 0) is 24.6 Å². The minimum Gasteiger partial charge on any atom is -0.271 e. The zero-order valence-corrected chi connectivity index (χ0v) is 21.0. The van der Waals surface area contributed by atoms with Crippen LogP contribution in [0.1, 0.15) is 16.8 Å². The molecule has 0 bridgehead atoms. The molecule has 39 heavy (non-hydrogen) atoms. The SMILES string of the molecule is Cc1nn(-c2ccccc2)cc1/C=N\NC(=O)Cn1nc(-c2ccccc2)c(-c2ccccc2)c(C#N)c1=O. The third-order valence-corrected chi connectivity index (χ3v) is 6.02. The van der Waals surface area contributed by atoms with Crippen LogP contribution in [0.4, 0.5) is 0 Å². The van der Waals surface area contributed by atoms with Gasteiger partial charge in [0.05, 0.1) is 17.6 Å². The zero-order chi connectivity index (χ0) is 27.2. The number of amides is 1. The first-order valence-electron chi connectivity index (χ1n) is 12.1. The van der Waals surface area contributed by atoms with E-state index in [-0.39, 0.29) is 5.56 Å². The molecule has 2 aromatic heterocycles. The molecule has 0 aliphatic carbocycles. The summed E-state index contributed by atoms with van der Waals surface area (Å²) in [5, 5.41) is 23.0. The number of nitrogens with one attached hydrogen (secondary N) is 1. The highest BCUT2D eigenvalue weighted by Crippen LogP contribution is 2.31. The van der Waals surface area contributed by atoms with Crippen LogP contribution in [0.5, 0.6) is 0 Å². The first-order valence-corrected chi connectivity index (χ1v) is 12.1. The number of aromatic nitrogens is 4. The number of para-hydroxylation sites is 1. The highest BCUT2D eigenvalue weighted by atomic mass is 16.2. The van der Waals surface area contributed by atoms with Crippen molar-refractivity contribution in [2.24, 2.45) is 5.10 Å². The molecule has 9 heteroatoms. The molecule has 0 unspecified atom stereocenters. The van der Waals surface area contributed by atoms with Crippen LogP contribution in [0.25, 0.3) is 28.1 Å². The predicted molar refractivity (Wildman–Crippen MR) is 148 cm³/mol. The zero-order valence-electron chi connectivity index (χ0n) is 21.0. The second-order valence-electron chi connectivity index (χ2n) is 8.65. The van der Waals surface area contributed by atoms with Gasteiger partial charge in [-0.1, -0.05) is 78.9 Å². The van der Waals surface area contributed by atoms with Crippen LogP contribution in [0, 0.1) is 18.3 Å². The van der Waals surface area contributed by atoms with Gasteiger partial charge in [0.2, 0.25) is 0 Å². The van der Waals surface area contributed by atoms with Crippen LogP contribution in [-0.4, -0.2) is 31.7 Å². The maximum atomic E-state index is 13.2. The summed E-state index contributed by atoms with van der Waals surface area (Å²) in [5.41, 5.74) is 6.30. The Kier molecular flexibility index (Phi) is 7.19. The molecule has 0 fully saturated rings. The van der Waals surface area contributed by atoms with E-state index in [1.165, 1.54) is 6.21 Å². The Morgan fingerprint density at radius 2 is 1.56 bits per heavy atom. The van der Waals surface area contributed by atoms with Gasteiger partial charge in [0.25, 0.3) is 11.5 Å². The molecular weight excluding hydrogens is 490 g/mol. The molecule has 190 valence electrons. The van der Waals surface area contributed by atoms with Crippen molar-refractivity contribution >= 4 is 12.1 Å². The lowest BCUT2D eigenvalue weighted by molar-refractivity contribution is -0.121. The number of carbonyl (C=O) groups excluding carboxylic acids is 1. The van der Waals surface area contributed by atoms with E-state index in [2.05, 4.69) is 20.7 Å². The van der Waals surface area contributed by atoms with E-state index in [1.807, 2.05) is 104 Å². The lowest BCUT2D eigenvalue weighted by Gasteiger charge is -2.14. The van der Waals surface area contributed by atoms with Crippen LogP contribution in [0.2, 0.25) is 0 Å². The highest BCUT2D eigenvalue weighted by molar-refractivity contribution is 5.85. The van der Waals surface area contributed by atoms with Crippen molar-refractivity contribution in [2.75, 3.05) is 0 Å². The average molecular weight is 514 g/mol. The second kappa shape index (κ2) is 11.2. The molecule has 3 aromatic carbocycles. The van der Waals surface area contributed by atoms with Crippen molar-refractivity contribution in [2.45, 2.75) is 13.5 Å². The Labute approximate surface area is 224 Å². The fourth-order valence-corrected chi connectivity index (χ4v) is 4.12. The van der Waals surface area contributed by atoms with E-state index in [0.717, 1.165) is 21.6 Å². The van der Waals surface area contributed by atoms with Crippen molar-refractivity contribution in [1.82, 2.24) is 25.0 Å². The first-order chi connectivity index (χ1) is 19.0. The standard InChI is InChI=1S/C30H23N7O2/c1-21-24(19-36(34-21)25-15-9-4-10-16-25)18-32-33-27(38)20-37-30(39)26(17-31)28(22-11-5-2-6-12-22)29(35-37)23-13-7-3-8-14-23/h2-16,18-19H,20H2,1H3,(H,33,38)/b32-18-. The Bertz CT molecular complexity index is 1750. The van der Waals surface area contributed by atoms with Crippen molar-refractivity contribution in [3.05, 3.63) is 124 Å². The number of hydrogen-bond donors (Lipinski definition) is 1. The molecule has 0 spiro atoms. The molecule has 0 saturated heterocycles. The summed E-state index contributed by atoms with van der Waals surface area (Å²) >= 11 is 0. The number of nitrogens with zero attached hydrogens (tertiary/aromatic N) is 6. The predicted octanol–water partition coefficient (Wildman–Crippen LogP) is 4.09. The number of carbonyl (C=O) groups is 1. The van der Waals surface area contributed by atoms with Gasteiger partial charge in [-0.15, -0.1) is 0 Å². The fraction of sp³-hybridized carbons (Fsp3) is 0.0667. The monoisotopic (exact) mass is 513 g/mol. The number of hydrogen-bond acceptors (Lipinski definition) is 6. The van der Waals surface area contributed by atoms with E-state index in [9.17, 15) is 14.9 Å². The fourth-order valence-electron chi connectivity index (χ4n) is 4.12. The summed E-state index contributed by atoms with van der Waals surface area (Å²) in [6.07, 6.45) is 3.30. The van der Waals surface area contributed by atoms with Gasteiger partial charge < -0.3 is 0 Å². The van der Waals surface area contributed by atoms with E-state index >= 15 is 0 Å². The number of aryl methyl sites for hydroxylation is 1. The summed E-state index contributed by atoms with van der Waals surface area (Å²) in [7, 11) is 0. The Morgan fingerprint density at radius 3 is 2.21 bits per heavy atom. The second-order valence-corrected chi connectivity index (χ2v) is 8.65. The number of hydrazone groups is 1. The van der Waals surface area contributed by atoms with Gasteiger partial charge in [-0.2, -0.15) is 20.6 Å². The number of benzene rings is 3. The number of nitriles is 1. The van der Waals surface area contributed by atoms with Crippen LogP contribution in [-0.2, 0) is 11.3 Å². The topological polar surface area (TPSA) is 118 Å². The summed E-state index contributed by atoms with van der Waals surface area (Å²) in [5.74, 6) is -0.565. The molecule has 0 aliphatic rings. The molecule has 1 amide bonds. The average Bonchev–Trinajstić information content (AvgIpc) is 3.35. The van der Waals surface area contributed by atoms with Crippen molar-refractivity contribution in [3.63, 3.8) is 0 Å². The van der Waals surface area contributed by atoms with Gasteiger partial charge in [0, 0.05) is 22.9 Å². The maximum Gasteiger partial charge on any atom is 0.285 e. The third-order valence-electron chi connectivity index (χ3n) is 6.02. The minimum atomic E-state index is -0.657. The van der Waals surface area contributed by atoms with E-state index < -0.39 is 18.0 Å². The Morgan fingerprint density at radius 1 is 0.949 bits per heavy atom. The molecule has 0 aliphatic heterocycles. The molecule has 2 heterocycles. The van der Waals surface area contributed by atoms with E-state index in [4.69, 9.17) is 0 Å². The van der Waals surface area contributed by atoms with Gasteiger partial charge in [-0.25, -0.2) is 14.8 Å². The molecule has 0 saturated carbocycles. The smallest absolute Gasteiger partial charge is 0.271 e. The Hall–Kier alpha value is -5.62. The molecule has 5 aromatic rings. The minimum absolute atomic E-state index is 0.0877. The molecule has 0 atom stereocenters. The normalized spacial score (nSPS) is 10.9. The molecule has 5 rings (SSSR count). The van der Waals surface area contributed by atoms with Crippen molar-refractivity contribution in [1.29, 1.82) is 5.26 Å². The van der Waals surface area contributed by atoms with Crippen LogP contribution < -0.4 is 11.0 Å². The van der Waals surface area contributed by atoms with Gasteiger partial charge in [-0.3, -0.25) is 9.59 Å². The number of rotatable bonds is 7. The van der Waals surface area contributed by atoms with Gasteiger partial charge >= 0.3 is 0 Å². The molecule has 1 N–H and O–H groups in total. The summed E-state index contributed by atoms with van der Waals surface area (Å²) in [6.45, 7) is 1.43. The molecule has 0 radical (unpaired) electrons. The van der Waals surface area contributed by atoms with E-state index in [0.29, 0.717) is 22.4 Å². The maximum absolute atomic E-state index is 13.2. The quantitative estimate of drug-likeness (QED) is 0.260. The Balaban J connectivity index is 1.42. The van der Waals surface area contributed by atoms with E-state index in [1.54, 1.807) is 10.9 Å². The lowest BCUT2D eigenvalue weighted by Crippen LogP contribution is -2.33. The van der Waals surface area contributed by atoms with Crippen LogP contribution in [0.15, 0.2) is 107 Å². The highest BCUT2D eigenvalue weighted by Gasteiger charge is 2.21. The summed E-state index contributed by atoms with van der Waals surface area (Å²) < 4.78 is 2.72. The molecular formula is C30H23N7O2. The first kappa shape index (κ1) is 25.0. The van der Waals surface area contributed by atoms with Crippen LogP contribution in [0.3, 0.4) is 0 Å². The third kappa shape index (κ3) is 5.40. The molecule has 9 nitrogen and oxygen atoms in total. The van der Waals surface area contributed by atoms with Gasteiger partial charge in [0.1, 0.15) is 23.9 Å². The lowest BCUT2D eigenvalue weighted by atomic mass is 9.96. The summed E-state index contributed by atoms with van der Waals surface area (Å²) in [6, 6.07) is 30.0. The van der Waals surface area contributed by atoms with Gasteiger partial charge in [0.15, 0.2) is 0 Å².